The van der Waals surface area contributed by atoms with Gasteiger partial charge in [0, 0.05) is 0 Å². The van der Waals surface area contributed by atoms with Gasteiger partial charge in [0.1, 0.15) is 0 Å². The smallest absolute Gasteiger partial charge is 0.0202 e. The quantitative estimate of drug-likeness (QED) is 0.558. The van der Waals surface area contributed by atoms with Crippen LogP contribution in [0.3, 0.4) is 0 Å². The van der Waals surface area contributed by atoms with E-state index in [9.17, 15) is 0 Å². The van der Waals surface area contributed by atoms with E-state index in [2.05, 4.69) is 53.3 Å². The molecule has 0 amide bonds. The molecule has 0 atom stereocenters. The van der Waals surface area contributed by atoms with Gasteiger partial charge in [-0.1, -0.05) is 30.4 Å². The normalized spacial score (nSPS) is 13.5. The first-order valence-corrected chi connectivity index (χ1v) is 4.64. The highest BCUT2D eigenvalue weighted by Crippen LogP contribution is 2.18. The molecule has 72 valence electrons. The predicted molar refractivity (Wildman–Crippen MR) is 61.8 cm³/mol. The van der Waals surface area contributed by atoms with Crippen molar-refractivity contribution in [2.45, 2.75) is 34.6 Å². The molecular formula is C13H20. The minimum atomic E-state index is 1.23. The number of hydrogen-bond acceptors (Lipinski definition) is 0. The van der Waals surface area contributed by atoms with Crippen LogP contribution in [0.5, 0.6) is 0 Å². The standard InChI is InChI=1S/C13H20/c1-7-11(5)13(9-10(3)4)12(6)8-2/h7-9H,1H2,2-6H3/b12-8-,13-11+. The van der Waals surface area contributed by atoms with Gasteiger partial charge in [0.25, 0.3) is 0 Å². The third-order valence-corrected chi connectivity index (χ3v) is 2.02. The summed E-state index contributed by atoms with van der Waals surface area (Å²) in [4.78, 5) is 0. The zero-order chi connectivity index (χ0) is 10.4. The van der Waals surface area contributed by atoms with E-state index in [1.165, 1.54) is 22.3 Å². The minimum Gasteiger partial charge on any atom is -0.0988 e. The molecule has 0 aliphatic heterocycles. The summed E-state index contributed by atoms with van der Waals surface area (Å²) in [5.74, 6) is 0. The van der Waals surface area contributed by atoms with Crippen molar-refractivity contribution in [3.8, 4) is 0 Å². The maximum Gasteiger partial charge on any atom is -0.0202 e. The largest absolute Gasteiger partial charge is 0.0988 e. The second-order valence-electron chi connectivity index (χ2n) is 3.49. The van der Waals surface area contributed by atoms with Crippen molar-refractivity contribution < 1.29 is 0 Å². The monoisotopic (exact) mass is 176 g/mol. The molecule has 0 fully saturated rings. The van der Waals surface area contributed by atoms with E-state index in [1.54, 1.807) is 0 Å². The first kappa shape index (κ1) is 12.0. The van der Waals surface area contributed by atoms with Crippen LogP contribution in [-0.4, -0.2) is 0 Å². The molecule has 0 heteroatoms. The van der Waals surface area contributed by atoms with Crippen LogP contribution in [0.15, 0.2) is 47.1 Å². The summed E-state index contributed by atoms with van der Waals surface area (Å²) in [6, 6.07) is 0. The van der Waals surface area contributed by atoms with Gasteiger partial charge in [-0.2, -0.15) is 0 Å². The Morgan fingerprint density at radius 3 is 1.92 bits per heavy atom. The summed E-state index contributed by atoms with van der Waals surface area (Å²) in [7, 11) is 0. The highest BCUT2D eigenvalue weighted by molar-refractivity contribution is 5.45. The zero-order valence-corrected chi connectivity index (χ0v) is 9.44. The number of rotatable bonds is 3. The van der Waals surface area contributed by atoms with Crippen LogP contribution < -0.4 is 0 Å². The lowest BCUT2D eigenvalue weighted by Crippen LogP contribution is -1.86. The second-order valence-corrected chi connectivity index (χ2v) is 3.49. The topological polar surface area (TPSA) is 0 Å². The van der Waals surface area contributed by atoms with Crippen LogP contribution in [0.4, 0.5) is 0 Å². The molecule has 0 aromatic heterocycles. The van der Waals surface area contributed by atoms with E-state index in [0.717, 1.165) is 0 Å². The average molecular weight is 176 g/mol. The van der Waals surface area contributed by atoms with Crippen molar-refractivity contribution in [3.05, 3.63) is 47.1 Å². The fraction of sp³-hybridized carbons (Fsp3) is 0.385. The molecule has 0 nitrogen and oxygen atoms in total. The molecule has 13 heavy (non-hydrogen) atoms. The van der Waals surface area contributed by atoms with Gasteiger partial charge in [0.05, 0.1) is 0 Å². The number of allylic oxidation sites excluding steroid dienone is 7. The first-order valence-electron chi connectivity index (χ1n) is 4.64. The Labute approximate surface area is 82.4 Å². The molecule has 0 aliphatic rings. The Balaban J connectivity index is 5.23. The van der Waals surface area contributed by atoms with E-state index in [4.69, 9.17) is 0 Å². The summed E-state index contributed by atoms with van der Waals surface area (Å²) >= 11 is 0. The Kier molecular flexibility index (Phi) is 5.13. The van der Waals surface area contributed by atoms with Gasteiger partial charge >= 0.3 is 0 Å². The lowest BCUT2D eigenvalue weighted by Gasteiger charge is -2.06. The molecule has 0 saturated carbocycles. The fourth-order valence-electron chi connectivity index (χ4n) is 1.09. The number of hydrogen-bond donors (Lipinski definition) is 0. The van der Waals surface area contributed by atoms with E-state index in [-0.39, 0.29) is 0 Å². The lowest BCUT2D eigenvalue weighted by molar-refractivity contribution is 1.29. The molecule has 0 unspecified atom stereocenters. The Morgan fingerprint density at radius 1 is 1.08 bits per heavy atom. The van der Waals surface area contributed by atoms with Crippen LogP contribution in [0, 0.1) is 0 Å². The van der Waals surface area contributed by atoms with Crippen LogP contribution in [0.1, 0.15) is 34.6 Å². The summed E-state index contributed by atoms with van der Waals surface area (Å²) < 4.78 is 0. The van der Waals surface area contributed by atoms with Crippen molar-refractivity contribution in [3.63, 3.8) is 0 Å². The Hall–Kier alpha value is -1.04. The zero-order valence-electron chi connectivity index (χ0n) is 9.44. The third-order valence-electron chi connectivity index (χ3n) is 2.02. The molecule has 0 aromatic rings. The molecule has 0 rings (SSSR count). The van der Waals surface area contributed by atoms with Gasteiger partial charge in [0.15, 0.2) is 0 Å². The molecule has 0 N–H and O–H groups in total. The van der Waals surface area contributed by atoms with E-state index in [0.29, 0.717) is 0 Å². The Bertz CT molecular complexity index is 268. The Morgan fingerprint density at radius 2 is 1.62 bits per heavy atom. The molecule has 0 bridgehead atoms. The molecule has 0 spiro atoms. The molecule has 0 aromatic carbocycles. The fourth-order valence-corrected chi connectivity index (χ4v) is 1.09. The van der Waals surface area contributed by atoms with Crippen molar-refractivity contribution in [1.29, 1.82) is 0 Å². The molecule has 0 saturated heterocycles. The maximum atomic E-state index is 3.79. The van der Waals surface area contributed by atoms with Gasteiger partial charge in [-0.15, -0.1) is 0 Å². The predicted octanol–water partition coefficient (Wildman–Crippen LogP) is 4.42. The highest BCUT2D eigenvalue weighted by atomic mass is 14.0. The van der Waals surface area contributed by atoms with Gasteiger partial charge in [-0.25, -0.2) is 0 Å². The molecule has 0 heterocycles. The molecule has 0 aliphatic carbocycles. The van der Waals surface area contributed by atoms with Crippen LogP contribution in [0.25, 0.3) is 0 Å². The van der Waals surface area contributed by atoms with Gasteiger partial charge in [-0.3, -0.25) is 0 Å². The summed E-state index contributed by atoms with van der Waals surface area (Å²) in [5, 5.41) is 0. The van der Waals surface area contributed by atoms with Crippen molar-refractivity contribution in [2.24, 2.45) is 0 Å². The van der Waals surface area contributed by atoms with Gasteiger partial charge in [-0.05, 0) is 51.3 Å². The molecular weight excluding hydrogens is 156 g/mol. The SMILES string of the molecule is C=C/C(C)=C(C=C(C)C)/C(C)=C\C. The van der Waals surface area contributed by atoms with Crippen LogP contribution >= 0.6 is 0 Å². The summed E-state index contributed by atoms with van der Waals surface area (Å²) in [6.45, 7) is 14.3. The van der Waals surface area contributed by atoms with E-state index < -0.39 is 0 Å². The van der Waals surface area contributed by atoms with Crippen LogP contribution in [0.2, 0.25) is 0 Å². The van der Waals surface area contributed by atoms with E-state index >= 15 is 0 Å². The summed E-state index contributed by atoms with van der Waals surface area (Å²) in [6.07, 6.45) is 6.23. The van der Waals surface area contributed by atoms with Crippen molar-refractivity contribution in [2.75, 3.05) is 0 Å². The van der Waals surface area contributed by atoms with Crippen molar-refractivity contribution in [1.82, 2.24) is 0 Å². The average Bonchev–Trinajstić information content (AvgIpc) is 2.11. The summed E-state index contributed by atoms with van der Waals surface area (Å²) in [5.41, 5.74) is 5.14. The minimum absolute atomic E-state index is 1.23. The third kappa shape index (κ3) is 3.93. The second kappa shape index (κ2) is 5.58. The molecule has 0 radical (unpaired) electrons. The van der Waals surface area contributed by atoms with Gasteiger partial charge in [0.2, 0.25) is 0 Å². The van der Waals surface area contributed by atoms with Crippen LogP contribution in [-0.2, 0) is 0 Å². The first-order chi connectivity index (χ1) is 6.02. The van der Waals surface area contributed by atoms with Gasteiger partial charge < -0.3 is 0 Å². The maximum absolute atomic E-state index is 3.79. The lowest BCUT2D eigenvalue weighted by atomic mass is 10.00. The highest BCUT2D eigenvalue weighted by Gasteiger charge is 1.98. The van der Waals surface area contributed by atoms with E-state index in [1.807, 2.05) is 6.08 Å². The van der Waals surface area contributed by atoms with Crippen molar-refractivity contribution >= 4 is 0 Å².